The van der Waals surface area contributed by atoms with Gasteiger partial charge in [-0.05, 0) is 37.5 Å². The third-order valence-electron chi connectivity index (χ3n) is 3.21. The second kappa shape index (κ2) is 23.1. The molecule has 2 rings (SSSR count). The van der Waals surface area contributed by atoms with Crippen molar-refractivity contribution in [3.63, 3.8) is 0 Å². The maximum Gasteiger partial charge on any atom is 0.00886 e. The molecule has 0 saturated heterocycles. The van der Waals surface area contributed by atoms with Gasteiger partial charge in [0.2, 0.25) is 0 Å². The average molecular weight is 347 g/mol. The summed E-state index contributed by atoms with van der Waals surface area (Å²) in [4.78, 5) is 0. The molecule has 0 N–H and O–H groups in total. The van der Waals surface area contributed by atoms with E-state index in [1.807, 2.05) is 0 Å². The van der Waals surface area contributed by atoms with E-state index in [-0.39, 0.29) is 0 Å². The van der Waals surface area contributed by atoms with Crippen molar-refractivity contribution in [2.24, 2.45) is 11.8 Å². The smallest absolute Gasteiger partial charge is 0.00886 e. The van der Waals surface area contributed by atoms with Crippen molar-refractivity contribution < 1.29 is 0 Å². The summed E-state index contributed by atoms with van der Waals surface area (Å²) in [5.74, 6) is 14.3. The Morgan fingerprint density at radius 2 is 0.520 bits per heavy atom. The molecule has 2 aliphatic rings. The summed E-state index contributed by atoms with van der Waals surface area (Å²) < 4.78 is 0. The van der Waals surface area contributed by atoms with E-state index in [9.17, 15) is 0 Å². The van der Waals surface area contributed by atoms with Gasteiger partial charge < -0.3 is 0 Å². The molecule has 0 heterocycles. The molecule has 0 aliphatic heterocycles. The Morgan fingerprint density at radius 3 is 0.720 bits per heavy atom. The van der Waals surface area contributed by atoms with Gasteiger partial charge >= 0.3 is 0 Å². The SMILES string of the molecule is C1#CCCCCCC1.C1#CCCCCCCC1.CC(C)C.CC(C)C. The van der Waals surface area contributed by atoms with Crippen LogP contribution in [0, 0.1) is 35.5 Å². The fourth-order valence-electron chi connectivity index (χ4n) is 2.09. The van der Waals surface area contributed by atoms with E-state index in [1.165, 1.54) is 57.8 Å². The van der Waals surface area contributed by atoms with Gasteiger partial charge in [0.05, 0.1) is 0 Å². The average Bonchev–Trinajstić information content (AvgIpc) is 2.61. The predicted molar refractivity (Wildman–Crippen MR) is 117 cm³/mol. The molecule has 0 aromatic rings. The molecular weight excluding hydrogens is 300 g/mol. The highest BCUT2D eigenvalue weighted by atomic mass is 14.0. The Labute approximate surface area is 161 Å². The van der Waals surface area contributed by atoms with Crippen molar-refractivity contribution >= 4 is 0 Å². The van der Waals surface area contributed by atoms with Crippen LogP contribution in [0.15, 0.2) is 0 Å². The maximum absolute atomic E-state index is 3.18. The summed E-state index contributed by atoms with van der Waals surface area (Å²) >= 11 is 0. The highest BCUT2D eigenvalue weighted by Crippen LogP contribution is 2.08. The lowest BCUT2D eigenvalue weighted by molar-refractivity contribution is 0.634. The van der Waals surface area contributed by atoms with E-state index in [2.05, 4.69) is 65.2 Å². The molecule has 0 unspecified atom stereocenters. The summed E-state index contributed by atoms with van der Waals surface area (Å²) in [5.41, 5.74) is 0. The zero-order valence-corrected chi connectivity index (χ0v) is 18.3. The van der Waals surface area contributed by atoms with Gasteiger partial charge in [0.15, 0.2) is 0 Å². The zero-order valence-electron chi connectivity index (χ0n) is 18.3. The van der Waals surface area contributed by atoms with Crippen molar-refractivity contribution in [2.45, 2.75) is 125 Å². The molecule has 0 aromatic heterocycles. The fraction of sp³-hybridized carbons (Fsp3) is 0.840. The molecular formula is C25H46. The standard InChI is InChI=1S/C9H14.C8H12.2C4H10/c1-2-4-6-8-9-7-5-3-1;1-2-4-6-8-7-5-3-1;2*1-4(2)3/h1-7H2;1-6H2;2*4H,1-3H3. The van der Waals surface area contributed by atoms with Crippen molar-refractivity contribution in [1.82, 2.24) is 0 Å². The van der Waals surface area contributed by atoms with Gasteiger partial charge in [-0.3, -0.25) is 0 Å². The summed E-state index contributed by atoms with van der Waals surface area (Å²) in [6, 6.07) is 0. The van der Waals surface area contributed by atoms with Gasteiger partial charge in [0, 0.05) is 25.7 Å². The normalized spacial score (nSPS) is 16.6. The van der Waals surface area contributed by atoms with E-state index in [0.717, 1.165) is 37.5 Å². The summed E-state index contributed by atoms with van der Waals surface area (Å²) in [6.07, 6.45) is 16.9. The van der Waals surface area contributed by atoms with E-state index in [1.54, 1.807) is 0 Å². The van der Waals surface area contributed by atoms with Crippen LogP contribution in [0.1, 0.15) is 125 Å². The maximum atomic E-state index is 3.18. The molecule has 25 heavy (non-hydrogen) atoms. The molecule has 0 nitrogen and oxygen atoms in total. The van der Waals surface area contributed by atoms with E-state index in [4.69, 9.17) is 0 Å². The zero-order chi connectivity index (χ0) is 19.2. The van der Waals surface area contributed by atoms with E-state index < -0.39 is 0 Å². The first-order valence-corrected chi connectivity index (χ1v) is 10.9. The molecule has 0 aromatic carbocycles. The monoisotopic (exact) mass is 346 g/mol. The first-order valence-electron chi connectivity index (χ1n) is 10.9. The van der Waals surface area contributed by atoms with Crippen LogP contribution in [-0.2, 0) is 0 Å². The minimum Gasteiger partial charge on any atom is -0.103 e. The largest absolute Gasteiger partial charge is 0.103 e. The fourth-order valence-corrected chi connectivity index (χ4v) is 2.09. The number of hydrogen-bond acceptors (Lipinski definition) is 0. The van der Waals surface area contributed by atoms with Crippen molar-refractivity contribution in [3.8, 4) is 23.7 Å². The number of rotatable bonds is 0. The molecule has 0 fully saturated rings. The molecule has 0 atom stereocenters. The Kier molecular flexibility index (Phi) is 24.4. The molecule has 0 heteroatoms. The highest BCUT2D eigenvalue weighted by Gasteiger charge is 1.90. The van der Waals surface area contributed by atoms with Crippen molar-refractivity contribution in [3.05, 3.63) is 0 Å². The van der Waals surface area contributed by atoms with Crippen molar-refractivity contribution in [1.29, 1.82) is 0 Å². The van der Waals surface area contributed by atoms with Crippen LogP contribution < -0.4 is 0 Å². The van der Waals surface area contributed by atoms with Gasteiger partial charge in [-0.2, -0.15) is 0 Å². The van der Waals surface area contributed by atoms with Crippen molar-refractivity contribution in [2.75, 3.05) is 0 Å². The van der Waals surface area contributed by atoms with Crippen LogP contribution in [0.5, 0.6) is 0 Å². The molecule has 146 valence electrons. The molecule has 0 spiro atoms. The first-order chi connectivity index (χ1) is 12.0. The van der Waals surface area contributed by atoms with E-state index in [0.29, 0.717) is 0 Å². The highest BCUT2D eigenvalue weighted by molar-refractivity contribution is 4.99. The Morgan fingerprint density at radius 1 is 0.360 bits per heavy atom. The predicted octanol–water partition coefficient (Wildman–Crippen LogP) is 8.40. The lowest BCUT2D eigenvalue weighted by Crippen LogP contribution is -1.80. The third kappa shape index (κ3) is 39.7. The van der Waals surface area contributed by atoms with Crippen LogP contribution in [-0.4, -0.2) is 0 Å². The van der Waals surface area contributed by atoms with Gasteiger partial charge in [-0.25, -0.2) is 0 Å². The molecule has 0 bridgehead atoms. The quantitative estimate of drug-likeness (QED) is 0.386. The van der Waals surface area contributed by atoms with Crippen LogP contribution in [0.3, 0.4) is 0 Å². The molecule has 0 saturated carbocycles. The second-order valence-corrected chi connectivity index (χ2v) is 8.35. The molecule has 0 amide bonds. The van der Waals surface area contributed by atoms with Crippen LogP contribution in [0.4, 0.5) is 0 Å². The topological polar surface area (TPSA) is 0 Å². The minimum absolute atomic E-state index is 0.833. The Bertz CT molecular complexity index is 317. The Hall–Kier alpha value is -0.880. The lowest BCUT2D eigenvalue weighted by atomic mass is 10.1. The summed E-state index contributed by atoms with van der Waals surface area (Å²) in [5, 5.41) is 0. The second-order valence-electron chi connectivity index (χ2n) is 8.35. The number of hydrogen-bond donors (Lipinski definition) is 0. The summed E-state index contributed by atoms with van der Waals surface area (Å²) in [6.45, 7) is 13.0. The Balaban J connectivity index is 0. The minimum atomic E-state index is 0.833. The van der Waals surface area contributed by atoms with Gasteiger partial charge in [0.1, 0.15) is 0 Å². The van der Waals surface area contributed by atoms with E-state index >= 15 is 0 Å². The third-order valence-corrected chi connectivity index (χ3v) is 3.21. The van der Waals surface area contributed by atoms with Crippen LogP contribution >= 0.6 is 0 Å². The van der Waals surface area contributed by atoms with Gasteiger partial charge in [0.25, 0.3) is 0 Å². The summed E-state index contributed by atoms with van der Waals surface area (Å²) in [7, 11) is 0. The first kappa shape index (κ1) is 26.4. The molecule has 2 aliphatic carbocycles. The van der Waals surface area contributed by atoms with Crippen LogP contribution in [0.25, 0.3) is 0 Å². The molecule has 0 radical (unpaired) electrons. The lowest BCUT2D eigenvalue weighted by Gasteiger charge is -1.97. The van der Waals surface area contributed by atoms with Gasteiger partial charge in [-0.15, -0.1) is 23.7 Å². The van der Waals surface area contributed by atoms with Crippen LogP contribution in [0.2, 0.25) is 0 Å². The van der Waals surface area contributed by atoms with Gasteiger partial charge in [-0.1, -0.05) is 73.6 Å².